The number of fused-ring (bicyclic) bond motifs is 7. The quantitative estimate of drug-likeness (QED) is 0.525. The van der Waals surface area contributed by atoms with E-state index in [0.29, 0.717) is 23.6 Å². The lowest BCUT2D eigenvalue weighted by Gasteiger charge is -2.35. The van der Waals surface area contributed by atoms with Crippen LogP contribution in [0.1, 0.15) is 47.0 Å². The minimum Gasteiger partial charge on any atom is -0.464 e. The normalized spacial score (nSPS) is 21.2. The van der Waals surface area contributed by atoms with E-state index in [0.717, 1.165) is 41.7 Å². The predicted octanol–water partition coefficient (Wildman–Crippen LogP) is 3.71. The Kier molecular flexibility index (Phi) is 3.50. The number of rotatable bonds is 2. The number of hydrogen-bond acceptors (Lipinski definition) is 5. The van der Waals surface area contributed by atoms with Crippen molar-refractivity contribution in [3.8, 4) is 0 Å². The summed E-state index contributed by atoms with van der Waals surface area (Å²) in [5, 5.41) is 5.33. The van der Waals surface area contributed by atoms with Gasteiger partial charge in [-0.2, -0.15) is 5.10 Å². The molecule has 2 unspecified atom stereocenters. The van der Waals surface area contributed by atoms with E-state index in [1.807, 2.05) is 48.8 Å². The molecular formula is C23H22N4O2. The highest BCUT2D eigenvalue weighted by atomic mass is 16.3. The minimum absolute atomic E-state index is 0.0800. The molecule has 0 radical (unpaired) electrons. The van der Waals surface area contributed by atoms with E-state index in [9.17, 15) is 4.79 Å². The summed E-state index contributed by atoms with van der Waals surface area (Å²) in [4.78, 5) is 20.2. The minimum atomic E-state index is 0.0800. The lowest BCUT2D eigenvalue weighted by atomic mass is 9.98. The lowest BCUT2D eigenvalue weighted by Crippen LogP contribution is -2.39. The summed E-state index contributed by atoms with van der Waals surface area (Å²) in [5.74, 6) is 0. The van der Waals surface area contributed by atoms with Crippen LogP contribution in [-0.4, -0.2) is 25.5 Å². The summed E-state index contributed by atoms with van der Waals surface area (Å²) in [6.07, 6.45) is 6.80. The van der Waals surface area contributed by atoms with Gasteiger partial charge in [0.15, 0.2) is 11.1 Å². The van der Waals surface area contributed by atoms with Crippen molar-refractivity contribution in [3.63, 3.8) is 0 Å². The van der Waals surface area contributed by atoms with Gasteiger partial charge in [0.1, 0.15) is 5.58 Å². The maximum absolute atomic E-state index is 13.1. The average Bonchev–Trinajstić information content (AvgIpc) is 3.22. The summed E-state index contributed by atoms with van der Waals surface area (Å²) in [6.45, 7) is 4.61. The number of benzene rings is 1. The molecule has 6 rings (SSSR count). The van der Waals surface area contributed by atoms with Crippen LogP contribution in [0, 0.1) is 13.8 Å². The molecule has 4 aromatic rings. The lowest BCUT2D eigenvalue weighted by molar-refractivity contribution is 0.163. The van der Waals surface area contributed by atoms with Gasteiger partial charge in [0, 0.05) is 48.4 Å². The van der Waals surface area contributed by atoms with Crippen LogP contribution in [0.3, 0.4) is 0 Å². The zero-order valence-corrected chi connectivity index (χ0v) is 16.6. The van der Waals surface area contributed by atoms with Crippen molar-refractivity contribution in [3.05, 3.63) is 75.0 Å². The Morgan fingerprint density at radius 1 is 1.21 bits per heavy atom. The van der Waals surface area contributed by atoms with Gasteiger partial charge in [-0.1, -0.05) is 11.6 Å². The molecule has 0 spiro atoms. The number of nitrogens with zero attached hydrogens (tertiary/aromatic N) is 4. The van der Waals surface area contributed by atoms with E-state index >= 15 is 0 Å². The Balaban J connectivity index is 1.41. The topological polar surface area (TPSA) is 63.6 Å². The Bertz CT molecular complexity index is 1340. The molecule has 0 amide bonds. The van der Waals surface area contributed by atoms with Crippen molar-refractivity contribution in [2.75, 3.05) is 0 Å². The Morgan fingerprint density at radius 2 is 2.10 bits per heavy atom. The second-order valence-electron chi connectivity index (χ2n) is 8.43. The second-order valence-corrected chi connectivity index (χ2v) is 8.43. The molecule has 1 saturated heterocycles. The van der Waals surface area contributed by atoms with E-state index in [4.69, 9.17) is 4.42 Å². The molecule has 2 atom stereocenters. The first-order valence-corrected chi connectivity index (χ1v) is 10.2. The molecule has 5 heterocycles. The third-order valence-electron chi connectivity index (χ3n) is 6.52. The number of hydrogen-bond donors (Lipinski definition) is 0. The molecule has 3 aromatic heterocycles. The van der Waals surface area contributed by atoms with E-state index in [-0.39, 0.29) is 11.5 Å². The molecule has 1 aromatic carbocycles. The number of aromatic nitrogens is 3. The van der Waals surface area contributed by atoms with Crippen molar-refractivity contribution in [2.45, 2.75) is 51.7 Å². The summed E-state index contributed by atoms with van der Waals surface area (Å²) in [7, 11) is 0. The van der Waals surface area contributed by atoms with Crippen LogP contribution in [0.2, 0.25) is 0 Å². The summed E-state index contributed by atoms with van der Waals surface area (Å²) in [6, 6.07) is 8.48. The van der Waals surface area contributed by atoms with Gasteiger partial charge in [-0.05, 0) is 38.8 Å². The summed E-state index contributed by atoms with van der Waals surface area (Å²) >= 11 is 0. The molecule has 6 heteroatoms. The van der Waals surface area contributed by atoms with Crippen molar-refractivity contribution in [2.24, 2.45) is 0 Å². The summed E-state index contributed by atoms with van der Waals surface area (Å²) < 4.78 is 7.80. The molecule has 0 N–H and O–H groups in total. The molecule has 2 aliphatic heterocycles. The van der Waals surface area contributed by atoms with Crippen molar-refractivity contribution in [1.29, 1.82) is 0 Å². The summed E-state index contributed by atoms with van der Waals surface area (Å²) in [5.41, 5.74) is 6.95. The van der Waals surface area contributed by atoms with E-state index in [1.165, 1.54) is 11.3 Å². The second kappa shape index (κ2) is 6.00. The van der Waals surface area contributed by atoms with Crippen LogP contribution in [0.5, 0.6) is 0 Å². The smallest absolute Gasteiger partial charge is 0.197 e. The first-order chi connectivity index (χ1) is 14.1. The van der Waals surface area contributed by atoms with Gasteiger partial charge >= 0.3 is 0 Å². The van der Waals surface area contributed by atoms with Crippen molar-refractivity contribution < 1.29 is 4.42 Å². The molecule has 0 saturated carbocycles. The molecule has 2 aliphatic rings. The fraction of sp³-hybridized carbons (Fsp3) is 0.348. The average molecular weight is 386 g/mol. The van der Waals surface area contributed by atoms with Crippen LogP contribution >= 0.6 is 0 Å². The molecule has 1 fully saturated rings. The highest BCUT2D eigenvalue weighted by Crippen LogP contribution is 2.44. The fourth-order valence-electron chi connectivity index (χ4n) is 5.13. The van der Waals surface area contributed by atoms with Crippen LogP contribution in [-0.2, 0) is 13.0 Å². The maximum Gasteiger partial charge on any atom is 0.197 e. The number of aryl methyl sites for hydroxylation is 2. The Labute approximate surface area is 167 Å². The fourth-order valence-corrected chi connectivity index (χ4v) is 5.13. The molecule has 6 nitrogen and oxygen atoms in total. The Morgan fingerprint density at radius 3 is 3.00 bits per heavy atom. The largest absolute Gasteiger partial charge is 0.464 e. The maximum atomic E-state index is 13.1. The standard InChI is InChI=1S/C23H22N4O2/c1-13-3-6-21-17(7-13)23(28)15(12-29-21)11-26-16-4-5-19(26)18-10-24-22-8-14(2)25-27(22)20(18)9-16/h3,6-8,10,12,16,19H,4-5,9,11H2,1-2H3. The first-order valence-electron chi connectivity index (χ1n) is 10.2. The first kappa shape index (κ1) is 16.9. The van der Waals surface area contributed by atoms with Gasteiger partial charge in [-0.25, -0.2) is 9.50 Å². The highest BCUT2D eigenvalue weighted by molar-refractivity contribution is 5.77. The third kappa shape index (κ3) is 2.48. The van der Waals surface area contributed by atoms with E-state index in [1.54, 1.807) is 6.26 Å². The van der Waals surface area contributed by atoms with E-state index in [2.05, 4.69) is 15.0 Å². The molecule has 146 valence electrons. The third-order valence-corrected chi connectivity index (χ3v) is 6.52. The SMILES string of the molecule is Cc1ccc2occ(CN3C4CCC3c3cnc5cc(C)nn5c3C4)c(=O)c2c1. The zero-order valence-electron chi connectivity index (χ0n) is 16.6. The molecule has 0 aliphatic carbocycles. The Hall–Kier alpha value is -2.99. The van der Waals surface area contributed by atoms with Crippen molar-refractivity contribution in [1.82, 2.24) is 19.5 Å². The van der Waals surface area contributed by atoms with Crippen LogP contribution in [0.15, 0.2) is 45.9 Å². The predicted molar refractivity (Wildman–Crippen MR) is 110 cm³/mol. The van der Waals surface area contributed by atoms with Gasteiger partial charge in [0.2, 0.25) is 0 Å². The zero-order chi connectivity index (χ0) is 19.7. The van der Waals surface area contributed by atoms with Gasteiger partial charge in [0.05, 0.1) is 23.0 Å². The van der Waals surface area contributed by atoms with Gasteiger partial charge in [0.25, 0.3) is 0 Å². The molecule has 29 heavy (non-hydrogen) atoms. The molecule has 2 bridgehead atoms. The van der Waals surface area contributed by atoms with Crippen molar-refractivity contribution >= 4 is 16.6 Å². The highest BCUT2D eigenvalue weighted by Gasteiger charge is 2.41. The van der Waals surface area contributed by atoms with Gasteiger partial charge in [-0.15, -0.1) is 0 Å². The monoisotopic (exact) mass is 386 g/mol. The van der Waals surface area contributed by atoms with Gasteiger partial charge < -0.3 is 4.42 Å². The van der Waals surface area contributed by atoms with Crippen LogP contribution < -0.4 is 5.43 Å². The van der Waals surface area contributed by atoms with Crippen LogP contribution in [0.25, 0.3) is 16.6 Å². The van der Waals surface area contributed by atoms with E-state index < -0.39 is 0 Å². The van der Waals surface area contributed by atoms with Gasteiger partial charge in [-0.3, -0.25) is 9.69 Å². The van der Waals surface area contributed by atoms with Crippen LogP contribution in [0.4, 0.5) is 0 Å². The molecular weight excluding hydrogens is 364 g/mol.